The van der Waals surface area contributed by atoms with Gasteiger partial charge in [-0.05, 0) is 52.2 Å². The highest BCUT2D eigenvalue weighted by atomic mass is 32.1. The van der Waals surface area contributed by atoms with E-state index in [4.69, 9.17) is 12.2 Å². The first-order valence-electron chi connectivity index (χ1n) is 7.37. The van der Waals surface area contributed by atoms with Crippen molar-refractivity contribution in [3.05, 3.63) is 20.3 Å². The normalized spacial score (nSPS) is 11.4. The first kappa shape index (κ1) is 16.3. The van der Waals surface area contributed by atoms with Crippen LogP contribution in [0.4, 0.5) is 5.69 Å². The van der Waals surface area contributed by atoms with Crippen LogP contribution in [0.1, 0.15) is 45.1 Å². The van der Waals surface area contributed by atoms with Crippen molar-refractivity contribution < 1.29 is 0 Å². The Morgan fingerprint density at radius 1 is 1.11 bits per heavy atom. The Kier molecular flexibility index (Phi) is 7.24. The maximum absolute atomic E-state index is 11.2. The number of unbranched alkanes of at least 4 members (excludes halogenated alkanes) is 1. The average molecular weight is 282 g/mol. The van der Waals surface area contributed by atoms with Gasteiger partial charge in [0.1, 0.15) is 4.51 Å². The molecule has 0 fully saturated rings. The highest BCUT2D eigenvalue weighted by Gasteiger charge is 2.12. The molecule has 0 saturated carbocycles. The molecular formula is C15H26N2OS. The summed E-state index contributed by atoms with van der Waals surface area (Å²) in [5.41, 5.74) is 1.73. The molecule has 0 aromatic heterocycles. The summed E-state index contributed by atoms with van der Waals surface area (Å²) in [7, 11) is 0. The molecule has 1 rings (SSSR count). The van der Waals surface area contributed by atoms with Crippen molar-refractivity contribution in [1.29, 1.82) is 0 Å². The van der Waals surface area contributed by atoms with E-state index >= 15 is 0 Å². The fraction of sp³-hybridized carbons (Fsp3) is 0.733. The van der Waals surface area contributed by atoms with Gasteiger partial charge in [-0.15, -0.1) is 0 Å². The second kappa shape index (κ2) is 8.43. The summed E-state index contributed by atoms with van der Waals surface area (Å²) < 4.78 is 0.482. The molecule has 1 N–H and O–H groups in total. The molecule has 0 aliphatic rings. The SMILES string of the molecule is CCCN(CCC)CCCCNc1c(C)c(=O)c1=S. The smallest absolute Gasteiger partial charge is 0.203 e. The van der Waals surface area contributed by atoms with Crippen LogP contribution in [-0.2, 0) is 0 Å². The summed E-state index contributed by atoms with van der Waals surface area (Å²) in [4.78, 5) is 13.8. The third kappa shape index (κ3) is 4.69. The van der Waals surface area contributed by atoms with Gasteiger partial charge in [0, 0.05) is 12.1 Å². The molecule has 1 aromatic rings. The molecule has 0 bridgehead atoms. The fourth-order valence-corrected chi connectivity index (χ4v) is 2.74. The first-order valence-corrected chi connectivity index (χ1v) is 7.78. The van der Waals surface area contributed by atoms with Gasteiger partial charge in [0.05, 0.1) is 5.69 Å². The summed E-state index contributed by atoms with van der Waals surface area (Å²) in [6.45, 7) is 10.8. The number of nitrogens with zero attached hydrogens (tertiary/aromatic N) is 1. The van der Waals surface area contributed by atoms with Crippen molar-refractivity contribution in [3.63, 3.8) is 0 Å². The Labute approximate surface area is 121 Å². The van der Waals surface area contributed by atoms with Crippen LogP contribution in [0.3, 0.4) is 0 Å². The van der Waals surface area contributed by atoms with Gasteiger partial charge in [-0.1, -0.05) is 26.1 Å². The summed E-state index contributed by atoms with van der Waals surface area (Å²) in [5.74, 6) is 0. The monoisotopic (exact) mass is 282 g/mol. The van der Waals surface area contributed by atoms with Crippen LogP contribution in [0.2, 0.25) is 0 Å². The van der Waals surface area contributed by atoms with E-state index < -0.39 is 0 Å². The third-order valence-electron chi connectivity index (χ3n) is 3.43. The zero-order valence-electron chi connectivity index (χ0n) is 12.4. The van der Waals surface area contributed by atoms with Gasteiger partial charge >= 0.3 is 0 Å². The van der Waals surface area contributed by atoms with E-state index in [1.54, 1.807) is 0 Å². The predicted octanol–water partition coefficient (Wildman–Crippen LogP) is 3.27. The highest BCUT2D eigenvalue weighted by molar-refractivity contribution is 7.71. The van der Waals surface area contributed by atoms with Gasteiger partial charge in [0.25, 0.3) is 0 Å². The molecule has 1 aromatic carbocycles. The Balaban J connectivity index is 2.17. The third-order valence-corrected chi connectivity index (χ3v) is 3.82. The van der Waals surface area contributed by atoms with E-state index in [1.165, 1.54) is 38.9 Å². The number of anilines is 1. The van der Waals surface area contributed by atoms with Crippen LogP contribution in [0.25, 0.3) is 0 Å². The summed E-state index contributed by atoms with van der Waals surface area (Å²) in [5, 5.41) is 3.29. The maximum atomic E-state index is 11.2. The molecule has 0 heterocycles. The fourth-order valence-electron chi connectivity index (χ4n) is 2.36. The van der Waals surface area contributed by atoms with Gasteiger partial charge in [0.2, 0.25) is 5.43 Å². The van der Waals surface area contributed by atoms with Crippen LogP contribution in [0, 0.1) is 11.4 Å². The van der Waals surface area contributed by atoms with E-state index in [1.807, 2.05) is 6.92 Å². The zero-order valence-corrected chi connectivity index (χ0v) is 13.2. The van der Waals surface area contributed by atoms with Crippen LogP contribution < -0.4 is 10.7 Å². The number of nitrogens with one attached hydrogen (secondary N) is 1. The van der Waals surface area contributed by atoms with E-state index in [0.29, 0.717) is 4.51 Å². The lowest BCUT2D eigenvalue weighted by Crippen LogP contribution is -2.27. The quantitative estimate of drug-likeness (QED) is 0.527. The number of hydrogen-bond acceptors (Lipinski definition) is 4. The summed E-state index contributed by atoms with van der Waals surface area (Å²) >= 11 is 5.02. The summed E-state index contributed by atoms with van der Waals surface area (Å²) in [6, 6.07) is 0. The Morgan fingerprint density at radius 3 is 2.26 bits per heavy atom. The predicted molar refractivity (Wildman–Crippen MR) is 85.4 cm³/mol. The number of hydrogen-bond donors (Lipinski definition) is 1. The van der Waals surface area contributed by atoms with Gasteiger partial charge < -0.3 is 10.2 Å². The van der Waals surface area contributed by atoms with Crippen LogP contribution >= 0.6 is 12.2 Å². The molecule has 0 aliphatic carbocycles. The van der Waals surface area contributed by atoms with Crippen molar-refractivity contribution in [1.82, 2.24) is 4.90 Å². The minimum absolute atomic E-state index is 0.0366. The maximum Gasteiger partial charge on any atom is 0.203 e. The molecule has 19 heavy (non-hydrogen) atoms. The standard InChI is InChI=1S/C15H26N2OS/c1-4-9-17(10-5-2)11-7-6-8-16-13-12(3)14(18)15(13)19/h16H,4-11H2,1-3H3. The Bertz CT molecular complexity index is 443. The molecule has 0 amide bonds. The molecule has 0 unspecified atom stereocenters. The molecule has 0 aliphatic heterocycles. The molecule has 0 radical (unpaired) electrons. The highest BCUT2D eigenvalue weighted by Crippen LogP contribution is 2.15. The molecule has 108 valence electrons. The van der Waals surface area contributed by atoms with Crippen LogP contribution in [-0.4, -0.2) is 31.1 Å². The van der Waals surface area contributed by atoms with E-state index in [2.05, 4.69) is 24.1 Å². The molecule has 0 atom stereocenters. The lowest BCUT2D eigenvalue weighted by molar-refractivity contribution is 0.270. The van der Waals surface area contributed by atoms with Crippen molar-refractivity contribution >= 4 is 17.9 Å². The van der Waals surface area contributed by atoms with Crippen LogP contribution in [0.15, 0.2) is 4.79 Å². The minimum Gasteiger partial charge on any atom is -0.383 e. The lowest BCUT2D eigenvalue weighted by Gasteiger charge is -2.20. The van der Waals surface area contributed by atoms with Crippen molar-refractivity contribution in [2.24, 2.45) is 0 Å². The molecular weight excluding hydrogens is 256 g/mol. The van der Waals surface area contributed by atoms with Crippen molar-refractivity contribution in [3.8, 4) is 0 Å². The van der Waals surface area contributed by atoms with Gasteiger partial charge in [-0.2, -0.15) is 0 Å². The van der Waals surface area contributed by atoms with Gasteiger partial charge in [-0.3, -0.25) is 4.79 Å². The zero-order chi connectivity index (χ0) is 14.3. The summed E-state index contributed by atoms with van der Waals surface area (Å²) in [6.07, 6.45) is 4.76. The molecule has 3 nitrogen and oxygen atoms in total. The van der Waals surface area contributed by atoms with Gasteiger partial charge in [-0.25, -0.2) is 0 Å². The first-order chi connectivity index (χ1) is 9.11. The second-order valence-electron chi connectivity index (χ2n) is 5.13. The average Bonchev–Trinajstić information content (AvgIpc) is 2.42. The van der Waals surface area contributed by atoms with E-state index in [9.17, 15) is 4.79 Å². The minimum atomic E-state index is 0.0366. The van der Waals surface area contributed by atoms with E-state index in [0.717, 1.165) is 24.2 Å². The molecule has 4 heteroatoms. The topological polar surface area (TPSA) is 32.3 Å². The molecule has 0 spiro atoms. The second-order valence-corrected chi connectivity index (χ2v) is 5.54. The Hall–Kier alpha value is -0.740. The molecule has 0 saturated heterocycles. The lowest BCUT2D eigenvalue weighted by atomic mass is 10.1. The van der Waals surface area contributed by atoms with Gasteiger partial charge in [0.15, 0.2) is 0 Å². The van der Waals surface area contributed by atoms with Crippen LogP contribution in [0.5, 0.6) is 0 Å². The van der Waals surface area contributed by atoms with Crippen molar-refractivity contribution in [2.45, 2.75) is 46.5 Å². The van der Waals surface area contributed by atoms with E-state index in [-0.39, 0.29) is 5.43 Å². The largest absolute Gasteiger partial charge is 0.383 e. The number of rotatable bonds is 10. The Morgan fingerprint density at radius 2 is 1.74 bits per heavy atom. The van der Waals surface area contributed by atoms with Crippen molar-refractivity contribution in [2.75, 3.05) is 31.5 Å².